The molecule has 64 valence electrons. The van der Waals surface area contributed by atoms with Crippen LogP contribution in [0.25, 0.3) is 0 Å². The van der Waals surface area contributed by atoms with Crippen molar-refractivity contribution in [1.29, 1.82) is 0 Å². The summed E-state index contributed by atoms with van der Waals surface area (Å²) in [5.41, 5.74) is -0.0422. The van der Waals surface area contributed by atoms with Crippen molar-refractivity contribution >= 4 is 21.9 Å². The van der Waals surface area contributed by atoms with E-state index in [1.165, 1.54) is 6.92 Å². The number of carboxylic acid groups (broad SMARTS) is 1. The number of aromatic carboxylic acids is 1. The van der Waals surface area contributed by atoms with E-state index in [1.807, 2.05) is 0 Å². The van der Waals surface area contributed by atoms with Crippen molar-refractivity contribution in [3.05, 3.63) is 27.7 Å². The molecule has 0 saturated heterocycles. The Hall–Kier alpha value is -0.970. The molecule has 0 amide bonds. The van der Waals surface area contributed by atoms with Gasteiger partial charge in [-0.3, -0.25) is 0 Å². The standard InChI is InChI=1S/C7H5BrFNO2/c1-3-5(7(11)12)4(9)2-10-6(3)8/h2H,1H3,(H,11,12). The second kappa shape index (κ2) is 3.18. The lowest BCUT2D eigenvalue weighted by molar-refractivity contribution is 0.0690. The van der Waals surface area contributed by atoms with Gasteiger partial charge in [0.15, 0.2) is 5.82 Å². The van der Waals surface area contributed by atoms with Crippen molar-refractivity contribution in [3.8, 4) is 0 Å². The molecule has 1 heterocycles. The third-order valence-electron chi connectivity index (χ3n) is 1.43. The topological polar surface area (TPSA) is 50.2 Å². The minimum absolute atomic E-state index is 0.294. The van der Waals surface area contributed by atoms with Crippen molar-refractivity contribution in [2.24, 2.45) is 0 Å². The highest BCUT2D eigenvalue weighted by Gasteiger charge is 2.15. The molecule has 3 nitrogen and oxygen atoms in total. The molecule has 0 unspecified atom stereocenters. The lowest BCUT2D eigenvalue weighted by Gasteiger charge is -2.02. The predicted octanol–water partition coefficient (Wildman–Crippen LogP) is 1.99. The third kappa shape index (κ3) is 1.45. The molecule has 1 aromatic rings. The average Bonchev–Trinajstić information content (AvgIpc) is 1.97. The Labute approximate surface area is 76.4 Å². The molecule has 0 atom stereocenters. The summed E-state index contributed by atoms with van der Waals surface area (Å²) < 4.78 is 13.2. The molecular formula is C7H5BrFNO2. The molecule has 0 aromatic carbocycles. The molecule has 1 aromatic heterocycles. The Morgan fingerprint density at radius 2 is 2.33 bits per heavy atom. The fraction of sp³-hybridized carbons (Fsp3) is 0.143. The van der Waals surface area contributed by atoms with Crippen LogP contribution in [0.3, 0.4) is 0 Å². The second-order valence-electron chi connectivity index (χ2n) is 2.20. The monoisotopic (exact) mass is 233 g/mol. The molecule has 1 N–H and O–H groups in total. The molecule has 0 spiro atoms. The van der Waals surface area contributed by atoms with Crippen molar-refractivity contribution in [3.63, 3.8) is 0 Å². The van der Waals surface area contributed by atoms with E-state index in [0.29, 0.717) is 10.2 Å². The van der Waals surface area contributed by atoms with E-state index >= 15 is 0 Å². The average molecular weight is 234 g/mol. The molecule has 0 aliphatic carbocycles. The zero-order valence-electron chi connectivity index (χ0n) is 6.14. The van der Waals surface area contributed by atoms with Gasteiger partial charge in [-0.15, -0.1) is 0 Å². The van der Waals surface area contributed by atoms with Crippen molar-refractivity contribution in [1.82, 2.24) is 4.98 Å². The Bertz CT molecular complexity index is 340. The zero-order valence-corrected chi connectivity index (χ0v) is 7.72. The van der Waals surface area contributed by atoms with Gasteiger partial charge in [0.2, 0.25) is 0 Å². The van der Waals surface area contributed by atoms with E-state index in [-0.39, 0.29) is 5.56 Å². The lowest BCUT2D eigenvalue weighted by Crippen LogP contribution is -2.05. The minimum atomic E-state index is -1.28. The fourth-order valence-electron chi connectivity index (χ4n) is 0.820. The zero-order chi connectivity index (χ0) is 9.30. The summed E-state index contributed by atoms with van der Waals surface area (Å²) in [6, 6.07) is 0. The highest BCUT2D eigenvalue weighted by Crippen LogP contribution is 2.19. The lowest BCUT2D eigenvalue weighted by atomic mass is 10.1. The molecule has 0 saturated carbocycles. The molecule has 0 aliphatic rings. The number of nitrogens with zero attached hydrogens (tertiary/aromatic N) is 1. The van der Waals surface area contributed by atoms with Gasteiger partial charge >= 0.3 is 5.97 Å². The van der Waals surface area contributed by atoms with Crippen LogP contribution in [0.2, 0.25) is 0 Å². The quantitative estimate of drug-likeness (QED) is 0.756. The number of pyridine rings is 1. The summed E-state index contributed by atoms with van der Waals surface area (Å²) in [6.07, 6.45) is 0.876. The normalized spacial score (nSPS) is 9.92. The molecule has 1 rings (SSSR count). The van der Waals surface area contributed by atoms with E-state index in [2.05, 4.69) is 20.9 Å². The van der Waals surface area contributed by atoms with Gasteiger partial charge in [-0.2, -0.15) is 0 Å². The van der Waals surface area contributed by atoms with Gasteiger partial charge in [0.05, 0.1) is 6.20 Å². The van der Waals surface area contributed by atoms with Crippen LogP contribution >= 0.6 is 15.9 Å². The Morgan fingerprint density at radius 3 is 2.75 bits per heavy atom. The molecule has 0 bridgehead atoms. The van der Waals surface area contributed by atoms with Crippen LogP contribution in [0.5, 0.6) is 0 Å². The van der Waals surface area contributed by atoms with Crippen LogP contribution in [0.4, 0.5) is 4.39 Å². The first kappa shape index (κ1) is 9.12. The van der Waals surface area contributed by atoms with Gasteiger partial charge in [-0.05, 0) is 28.4 Å². The molecular weight excluding hydrogens is 229 g/mol. The van der Waals surface area contributed by atoms with Crippen LogP contribution in [0, 0.1) is 12.7 Å². The number of aromatic nitrogens is 1. The van der Waals surface area contributed by atoms with Gasteiger partial charge in [-0.25, -0.2) is 14.2 Å². The summed E-state index contributed by atoms with van der Waals surface area (Å²) in [7, 11) is 0. The number of rotatable bonds is 1. The summed E-state index contributed by atoms with van der Waals surface area (Å²) in [5, 5.41) is 8.58. The molecule has 0 aliphatic heterocycles. The first-order chi connectivity index (χ1) is 5.54. The van der Waals surface area contributed by atoms with Crippen molar-refractivity contribution in [2.45, 2.75) is 6.92 Å². The van der Waals surface area contributed by atoms with E-state index in [4.69, 9.17) is 5.11 Å². The predicted molar refractivity (Wildman–Crippen MR) is 43.6 cm³/mol. The van der Waals surface area contributed by atoms with Crippen LogP contribution in [0.1, 0.15) is 15.9 Å². The number of carbonyl (C=O) groups is 1. The number of hydrogen-bond acceptors (Lipinski definition) is 2. The number of halogens is 2. The first-order valence-corrected chi connectivity index (χ1v) is 3.87. The summed E-state index contributed by atoms with van der Waals surface area (Å²) >= 11 is 3.01. The largest absolute Gasteiger partial charge is 0.478 e. The van der Waals surface area contributed by atoms with Crippen LogP contribution in [-0.2, 0) is 0 Å². The van der Waals surface area contributed by atoms with Gasteiger partial charge in [0.1, 0.15) is 10.2 Å². The van der Waals surface area contributed by atoms with Crippen LogP contribution in [-0.4, -0.2) is 16.1 Å². The first-order valence-electron chi connectivity index (χ1n) is 3.08. The fourth-order valence-corrected chi connectivity index (χ4v) is 1.12. The summed E-state index contributed by atoms with van der Waals surface area (Å²) in [6.45, 7) is 1.49. The minimum Gasteiger partial charge on any atom is -0.478 e. The molecule has 0 fully saturated rings. The third-order valence-corrected chi connectivity index (χ3v) is 2.23. The highest BCUT2D eigenvalue weighted by molar-refractivity contribution is 9.10. The molecule has 12 heavy (non-hydrogen) atoms. The number of carboxylic acids is 1. The Balaban J connectivity index is 3.43. The van der Waals surface area contributed by atoms with E-state index in [1.54, 1.807) is 0 Å². The van der Waals surface area contributed by atoms with Gasteiger partial charge in [0, 0.05) is 0 Å². The Kier molecular flexibility index (Phi) is 2.42. The summed E-state index contributed by atoms with van der Waals surface area (Å²) in [5.74, 6) is -2.10. The maximum atomic E-state index is 12.8. The number of hydrogen-bond donors (Lipinski definition) is 1. The SMILES string of the molecule is Cc1c(Br)ncc(F)c1C(=O)O. The molecule has 0 radical (unpaired) electrons. The smallest absolute Gasteiger partial charge is 0.339 e. The van der Waals surface area contributed by atoms with E-state index in [0.717, 1.165) is 6.20 Å². The van der Waals surface area contributed by atoms with E-state index < -0.39 is 11.8 Å². The van der Waals surface area contributed by atoms with E-state index in [9.17, 15) is 9.18 Å². The van der Waals surface area contributed by atoms with Crippen molar-refractivity contribution < 1.29 is 14.3 Å². The van der Waals surface area contributed by atoms with Gasteiger partial charge in [0.25, 0.3) is 0 Å². The van der Waals surface area contributed by atoms with Crippen molar-refractivity contribution in [2.75, 3.05) is 0 Å². The van der Waals surface area contributed by atoms with Crippen LogP contribution in [0.15, 0.2) is 10.8 Å². The maximum Gasteiger partial charge on any atom is 0.339 e. The molecule has 5 heteroatoms. The summed E-state index contributed by atoms with van der Waals surface area (Å²) in [4.78, 5) is 14.1. The van der Waals surface area contributed by atoms with Crippen LogP contribution < -0.4 is 0 Å². The maximum absolute atomic E-state index is 12.8. The van der Waals surface area contributed by atoms with Gasteiger partial charge in [-0.1, -0.05) is 0 Å². The Morgan fingerprint density at radius 1 is 1.75 bits per heavy atom. The highest BCUT2D eigenvalue weighted by atomic mass is 79.9. The second-order valence-corrected chi connectivity index (χ2v) is 2.95. The van der Waals surface area contributed by atoms with Gasteiger partial charge < -0.3 is 5.11 Å².